The minimum atomic E-state index is 0.215. The first kappa shape index (κ1) is 17.4. The maximum Gasteiger partial charge on any atom is 0.224 e. The highest BCUT2D eigenvalue weighted by Gasteiger charge is 2.24. The predicted molar refractivity (Wildman–Crippen MR) is 95.7 cm³/mol. The molecule has 1 aliphatic heterocycles. The molecule has 134 valence electrons. The predicted octanol–water partition coefficient (Wildman–Crippen LogP) is 1.69. The summed E-state index contributed by atoms with van der Waals surface area (Å²) in [7, 11) is 0. The Balaban J connectivity index is 1.54. The van der Waals surface area contributed by atoms with Crippen LogP contribution in [0, 0.1) is 5.92 Å². The Hall–Kier alpha value is -2.44. The number of hydrogen-bond donors (Lipinski definition) is 1. The maximum absolute atomic E-state index is 12.6. The summed E-state index contributed by atoms with van der Waals surface area (Å²) in [6.45, 7) is 4.39. The highest BCUT2D eigenvalue weighted by molar-refractivity contribution is 5.76. The molecular weight excluding hydrogens is 316 g/mol. The van der Waals surface area contributed by atoms with Crippen molar-refractivity contribution >= 4 is 11.7 Å². The van der Waals surface area contributed by atoms with E-state index in [-0.39, 0.29) is 5.91 Å². The summed E-state index contributed by atoms with van der Waals surface area (Å²) in [5.74, 6) is 2.14. The summed E-state index contributed by atoms with van der Waals surface area (Å²) >= 11 is 0. The number of rotatable bonds is 6. The lowest BCUT2D eigenvalue weighted by molar-refractivity contribution is -0.133. The Labute approximate surface area is 148 Å². The topological polar surface area (TPSA) is 89.9 Å². The lowest BCUT2D eigenvalue weighted by Gasteiger charge is -2.33. The average molecular weight is 342 g/mol. The van der Waals surface area contributed by atoms with Crippen LogP contribution >= 0.6 is 0 Å². The van der Waals surface area contributed by atoms with Crippen LogP contribution in [0.1, 0.15) is 37.7 Å². The van der Waals surface area contributed by atoms with E-state index in [2.05, 4.69) is 26.4 Å². The molecule has 2 N–H and O–H groups in total. The summed E-state index contributed by atoms with van der Waals surface area (Å²) in [5.41, 5.74) is 6.74. The summed E-state index contributed by atoms with van der Waals surface area (Å²) in [6, 6.07) is 0. The zero-order valence-corrected chi connectivity index (χ0v) is 14.8. The van der Waals surface area contributed by atoms with Crippen molar-refractivity contribution in [1.29, 1.82) is 0 Å². The number of likely N-dealkylation sites (tertiary alicyclic amines) is 1. The zero-order valence-electron chi connectivity index (χ0n) is 14.8. The van der Waals surface area contributed by atoms with Crippen LogP contribution in [0.5, 0.6) is 0 Å². The molecule has 0 aliphatic carbocycles. The molecule has 25 heavy (non-hydrogen) atoms. The molecule has 0 aromatic carbocycles. The number of hydrogen-bond acceptors (Lipinski definition) is 5. The van der Waals surface area contributed by atoms with Gasteiger partial charge in [0, 0.05) is 57.3 Å². The normalized spacial score (nSPS) is 17.6. The first-order valence-electron chi connectivity index (χ1n) is 9.00. The molecule has 1 atom stereocenters. The molecule has 3 rings (SSSR count). The smallest absolute Gasteiger partial charge is 0.224 e. The van der Waals surface area contributed by atoms with E-state index in [9.17, 15) is 4.79 Å². The summed E-state index contributed by atoms with van der Waals surface area (Å²) < 4.78 is 2.07. The highest BCUT2D eigenvalue weighted by Crippen LogP contribution is 2.22. The molecule has 2 aromatic heterocycles. The van der Waals surface area contributed by atoms with Gasteiger partial charge in [-0.05, 0) is 25.2 Å². The lowest BCUT2D eigenvalue weighted by atomic mass is 9.93. The van der Waals surface area contributed by atoms with Crippen molar-refractivity contribution in [2.45, 2.75) is 45.6 Å². The van der Waals surface area contributed by atoms with Crippen molar-refractivity contribution < 1.29 is 4.79 Å². The average Bonchev–Trinajstić information content (AvgIpc) is 3.09. The van der Waals surface area contributed by atoms with Gasteiger partial charge in [-0.3, -0.25) is 9.78 Å². The molecule has 0 bridgehead atoms. The zero-order chi connectivity index (χ0) is 17.6. The van der Waals surface area contributed by atoms with Gasteiger partial charge >= 0.3 is 0 Å². The molecule has 1 amide bonds. The number of carbonyl (C=O) groups is 1. The summed E-state index contributed by atoms with van der Waals surface area (Å²) in [6.07, 6.45) is 11.3. The lowest BCUT2D eigenvalue weighted by Crippen LogP contribution is -2.41. The van der Waals surface area contributed by atoms with E-state index in [1.54, 1.807) is 18.6 Å². The molecular formula is C18H26N6O. The SMILES string of the molecule is CCc1nccn1CCC(=O)N1CCC[C@H](Cc2nccnc2N)C1. The van der Waals surface area contributed by atoms with Crippen LogP contribution in [-0.2, 0) is 24.2 Å². The molecule has 1 aliphatic rings. The molecule has 7 heteroatoms. The Morgan fingerprint density at radius 2 is 2.12 bits per heavy atom. The summed E-state index contributed by atoms with van der Waals surface area (Å²) in [4.78, 5) is 27.3. The van der Waals surface area contributed by atoms with E-state index in [1.165, 1.54) is 0 Å². The fourth-order valence-corrected chi connectivity index (χ4v) is 3.50. The Morgan fingerprint density at radius 1 is 1.28 bits per heavy atom. The van der Waals surface area contributed by atoms with Crippen LogP contribution in [0.15, 0.2) is 24.8 Å². The number of aryl methyl sites for hydroxylation is 2. The van der Waals surface area contributed by atoms with Crippen molar-refractivity contribution in [3.8, 4) is 0 Å². The van der Waals surface area contributed by atoms with Gasteiger partial charge in [0.15, 0.2) is 0 Å². The van der Waals surface area contributed by atoms with Crippen molar-refractivity contribution in [2.24, 2.45) is 5.92 Å². The Bertz CT molecular complexity index is 713. The number of carbonyl (C=O) groups excluding carboxylic acids is 1. The number of aromatic nitrogens is 4. The first-order valence-corrected chi connectivity index (χ1v) is 9.00. The minimum absolute atomic E-state index is 0.215. The van der Waals surface area contributed by atoms with Gasteiger partial charge in [-0.2, -0.15) is 0 Å². The molecule has 1 fully saturated rings. The second-order valence-corrected chi connectivity index (χ2v) is 6.58. The van der Waals surface area contributed by atoms with Crippen LogP contribution in [0.25, 0.3) is 0 Å². The van der Waals surface area contributed by atoms with Crippen LogP contribution < -0.4 is 5.73 Å². The monoisotopic (exact) mass is 342 g/mol. The molecule has 0 radical (unpaired) electrons. The molecule has 3 heterocycles. The van der Waals surface area contributed by atoms with E-state index >= 15 is 0 Å². The van der Waals surface area contributed by atoms with Gasteiger partial charge in [0.1, 0.15) is 11.6 Å². The van der Waals surface area contributed by atoms with Crippen molar-refractivity contribution in [1.82, 2.24) is 24.4 Å². The van der Waals surface area contributed by atoms with Crippen molar-refractivity contribution in [3.63, 3.8) is 0 Å². The quantitative estimate of drug-likeness (QED) is 0.863. The third-order valence-corrected chi connectivity index (χ3v) is 4.84. The molecule has 0 unspecified atom stereocenters. The summed E-state index contributed by atoms with van der Waals surface area (Å²) in [5, 5.41) is 0. The van der Waals surface area contributed by atoms with Gasteiger partial charge in [0.25, 0.3) is 0 Å². The fraction of sp³-hybridized carbons (Fsp3) is 0.556. The van der Waals surface area contributed by atoms with Crippen LogP contribution in [0.4, 0.5) is 5.82 Å². The second kappa shape index (κ2) is 8.09. The first-order chi connectivity index (χ1) is 12.2. The molecule has 1 saturated heterocycles. The van der Waals surface area contributed by atoms with E-state index in [1.807, 2.05) is 11.1 Å². The van der Waals surface area contributed by atoms with Crippen LogP contribution in [0.3, 0.4) is 0 Å². The second-order valence-electron chi connectivity index (χ2n) is 6.58. The molecule has 2 aromatic rings. The third kappa shape index (κ3) is 4.35. The van der Waals surface area contributed by atoms with Crippen LogP contribution in [0.2, 0.25) is 0 Å². The molecule has 0 saturated carbocycles. The van der Waals surface area contributed by atoms with Gasteiger partial charge in [0.05, 0.1) is 5.69 Å². The Morgan fingerprint density at radius 3 is 2.92 bits per heavy atom. The van der Waals surface area contributed by atoms with E-state index in [0.29, 0.717) is 24.7 Å². The number of piperidine rings is 1. The van der Waals surface area contributed by atoms with Crippen molar-refractivity contribution in [2.75, 3.05) is 18.8 Å². The minimum Gasteiger partial charge on any atom is -0.382 e. The number of nitrogens with zero attached hydrogens (tertiary/aromatic N) is 5. The third-order valence-electron chi connectivity index (χ3n) is 4.84. The van der Waals surface area contributed by atoms with E-state index in [0.717, 1.165) is 50.3 Å². The largest absolute Gasteiger partial charge is 0.382 e. The van der Waals surface area contributed by atoms with Gasteiger partial charge in [-0.1, -0.05) is 6.92 Å². The van der Waals surface area contributed by atoms with E-state index < -0.39 is 0 Å². The van der Waals surface area contributed by atoms with E-state index in [4.69, 9.17) is 5.73 Å². The number of anilines is 1. The van der Waals surface area contributed by atoms with Gasteiger partial charge in [-0.25, -0.2) is 9.97 Å². The number of imidazole rings is 1. The number of nitrogens with two attached hydrogens (primary N) is 1. The number of amides is 1. The Kier molecular flexibility index (Phi) is 5.63. The van der Waals surface area contributed by atoms with Gasteiger partial charge in [0.2, 0.25) is 5.91 Å². The molecule has 0 spiro atoms. The molecule has 7 nitrogen and oxygen atoms in total. The highest BCUT2D eigenvalue weighted by atomic mass is 16.2. The number of nitrogen functional groups attached to an aromatic ring is 1. The van der Waals surface area contributed by atoms with Crippen LogP contribution in [-0.4, -0.2) is 43.4 Å². The van der Waals surface area contributed by atoms with Gasteiger partial charge in [-0.15, -0.1) is 0 Å². The maximum atomic E-state index is 12.6. The fourth-order valence-electron chi connectivity index (χ4n) is 3.50. The standard InChI is InChI=1S/C18H26N6O/c1-2-16-21-8-11-23(16)10-5-17(25)24-9-3-4-14(13-24)12-15-18(19)22-7-6-20-15/h6-8,11,14H,2-5,9-10,12-13H2,1H3,(H2,19,22)/t14-/m1/s1. The van der Waals surface area contributed by atoms with Gasteiger partial charge < -0.3 is 15.2 Å². The van der Waals surface area contributed by atoms with Crippen molar-refractivity contribution in [3.05, 3.63) is 36.3 Å².